The first-order valence-corrected chi connectivity index (χ1v) is 5.15. The molecule has 19 heavy (non-hydrogen) atoms. The van der Waals surface area contributed by atoms with E-state index in [2.05, 4.69) is 20.0 Å². The summed E-state index contributed by atoms with van der Waals surface area (Å²) >= 11 is 0. The zero-order valence-electron chi connectivity index (χ0n) is 9.44. The van der Waals surface area contributed by atoms with E-state index in [9.17, 15) is 18.0 Å². The Bertz CT molecular complexity index is 601. The van der Waals surface area contributed by atoms with Gasteiger partial charge in [0.05, 0.1) is 11.0 Å². The monoisotopic (exact) mass is 271 g/mol. The fourth-order valence-electron chi connectivity index (χ4n) is 1.34. The minimum Gasteiger partial charge on any atom is -0.440 e. The van der Waals surface area contributed by atoms with Crippen molar-refractivity contribution in [3.05, 3.63) is 30.6 Å². The molecule has 1 aromatic carbocycles. The molecule has 0 atom stereocenters. The molecule has 0 radical (unpaired) electrons. The van der Waals surface area contributed by atoms with Gasteiger partial charge in [0.25, 0.3) is 0 Å². The lowest BCUT2D eigenvalue weighted by atomic mass is 10.2. The molecule has 1 heterocycles. The summed E-state index contributed by atoms with van der Waals surface area (Å²) in [6, 6.07) is 4.56. The van der Waals surface area contributed by atoms with Gasteiger partial charge >= 0.3 is 12.3 Å². The van der Waals surface area contributed by atoms with Crippen molar-refractivity contribution in [1.29, 1.82) is 0 Å². The van der Waals surface area contributed by atoms with Crippen LogP contribution in [0.4, 0.5) is 23.7 Å². The summed E-state index contributed by atoms with van der Waals surface area (Å²) < 4.78 is 39.5. The summed E-state index contributed by atoms with van der Waals surface area (Å²) in [6.45, 7) is -1.63. The Kier molecular flexibility index (Phi) is 3.50. The Labute approximate surface area is 105 Å². The van der Waals surface area contributed by atoms with Gasteiger partial charge in [-0.25, -0.2) is 4.79 Å². The van der Waals surface area contributed by atoms with E-state index in [1.807, 2.05) is 0 Å². The fraction of sp³-hybridized carbons (Fsp3) is 0.182. The number of fused-ring (bicyclic) bond motifs is 1. The van der Waals surface area contributed by atoms with Gasteiger partial charge in [-0.3, -0.25) is 15.3 Å². The van der Waals surface area contributed by atoms with Crippen molar-refractivity contribution in [2.75, 3.05) is 11.9 Å². The molecule has 8 heteroatoms. The predicted octanol–water partition coefficient (Wildman–Crippen LogP) is 2.74. The van der Waals surface area contributed by atoms with Crippen LogP contribution in [0.5, 0.6) is 0 Å². The molecule has 1 aromatic heterocycles. The normalized spacial score (nSPS) is 11.3. The van der Waals surface area contributed by atoms with E-state index in [-0.39, 0.29) is 5.69 Å². The molecule has 0 unspecified atom stereocenters. The third-order valence-corrected chi connectivity index (χ3v) is 2.08. The third kappa shape index (κ3) is 3.80. The van der Waals surface area contributed by atoms with E-state index in [0.29, 0.717) is 11.0 Å². The second kappa shape index (κ2) is 5.09. The number of carbonyl (C=O) groups is 1. The standard InChI is InChI=1S/C11H8F3N3O2/c12-11(13,14)6-19-10(18)17-7-1-2-8-9(5-7)16-4-3-15-8/h1-5H,6H2,(H,17,18). The first kappa shape index (κ1) is 13.1. The average Bonchev–Trinajstić information content (AvgIpc) is 2.35. The Morgan fingerprint density at radius 2 is 1.89 bits per heavy atom. The zero-order chi connectivity index (χ0) is 13.9. The minimum absolute atomic E-state index is 0.278. The Balaban J connectivity index is 2.03. The number of carbonyl (C=O) groups excluding carboxylic acids is 1. The van der Waals surface area contributed by atoms with Gasteiger partial charge in [0.1, 0.15) is 0 Å². The van der Waals surface area contributed by atoms with Crippen molar-refractivity contribution in [1.82, 2.24) is 9.97 Å². The van der Waals surface area contributed by atoms with Crippen molar-refractivity contribution < 1.29 is 22.7 Å². The van der Waals surface area contributed by atoms with Crippen LogP contribution in [-0.4, -0.2) is 28.8 Å². The summed E-state index contributed by atoms with van der Waals surface area (Å²) in [5, 5.41) is 2.18. The lowest BCUT2D eigenvalue weighted by Crippen LogP contribution is -2.23. The van der Waals surface area contributed by atoms with Crippen molar-refractivity contribution in [3.63, 3.8) is 0 Å². The number of nitrogens with one attached hydrogen (secondary N) is 1. The van der Waals surface area contributed by atoms with Gasteiger partial charge in [-0.15, -0.1) is 0 Å². The first-order valence-electron chi connectivity index (χ1n) is 5.15. The van der Waals surface area contributed by atoms with Gasteiger partial charge in [0, 0.05) is 18.1 Å². The second-order valence-corrected chi connectivity index (χ2v) is 3.58. The van der Waals surface area contributed by atoms with E-state index in [4.69, 9.17) is 0 Å². The maximum atomic E-state index is 11.8. The number of hydrogen-bond donors (Lipinski definition) is 1. The highest BCUT2D eigenvalue weighted by atomic mass is 19.4. The molecule has 100 valence electrons. The fourth-order valence-corrected chi connectivity index (χ4v) is 1.34. The second-order valence-electron chi connectivity index (χ2n) is 3.58. The number of anilines is 1. The lowest BCUT2D eigenvalue weighted by molar-refractivity contribution is -0.159. The van der Waals surface area contributed by atoms with Crippen LogP contribution in [0.25, 0.3) is 11.0 Å². The van der Waals surface area contributed by atoms with Gasteiger partial charge in [-0.05, 0) is 18.2 Å². The van der Waals surface area contributed by atoms with Crippen molar-refractivity contribution in [2.24, 2.45) is 0 Å². The number of ether oxygens (including phenoxy) is 1. The highest BCUT2D eigenvalue weighted by Crippen LogP contribution is 2.17. The Hall–Kier alpha value is -2.38. The Morgan fingerprint density at radius 3 is 2.58 bits per heavy atom. The van der Waals surface area contributed by atoms with Crippen molar-refractivity contribution in [2.45, 2.75) is 6.18 Å². The van der Waals surface area contributed by atoms with Crippen molar-refractivity contribution in [3.8, 4) is 0 Å². The molecule has 5 nitrogen and oxygen atoms in total. The van der Waals surface area contributed by atoms with E-state index >= 15 is 0 Å². The summed E-state index contributed by atoms with van der Waals surface area (Å²) in [7, 11) is 0. The molecule has 0 aliphatic heterocycles. The molecular formula is C11H8F3N3O2. The number of hydrogen-bond acceptors (Lipinski definition) is 4. The summed E-state index contributed by atoms with van der Waals surface area (Å²) in [4.78, 5) is 19.1. The van der Waals surface area contributed by atoms with Gasteiger partial charge in [-0.1, -0.05) is 0 Å². The minimum atomic E-state index is -4.55. The van der Waals surface area contributed by atoms with Crippen LogP contribution in [0, 0.1) is 0 Å². The first-order chi connectivity index (χ1) is 8.94. The van der Waals surface area contributed by atoms with Crippen LogP contribution in [0.1, 0.15) is 0 Å². The van der Waals surface area contributed by atoms with Crippen LogP contribution in [0.15, 0.2) is 30.6 Å². The molecule has 0 saturated carbocycles. The van der Waals surface area contributed by atoms with E-state index in [0.717, 1.165) is 0 Å². The topological polar surface area (TPSA) is 64.1 Å². The predicted molar refractivity (Wildman–Crippen MR) is 60.6 cm³/mol. The molecular weight excluding hydrogens is 263 g/mol. The van der Waals surface area contributed by atoms with Gasteiger partial charge in [-0.2, -0.15) is 13.2 Å². The molecule has 0 aliphatic carbocycles. The summed E-state index contributed by atoms with van der Waals surface area (Å²) in [6.07, 6.45) is -2.76. The van der Waals surface area contributed by atoms with Crippen LogP contribution in [-0.2, 0) is 4.74 Å². The number of aromatic nitrogens is 2. The molecule has 0 aliphatic rings. The maximum absolute atomic E-state index is 11.8. The zero-order valence-corrected chi connectivity index (χ0v) is 9.44. The third-order valence-electron chi connectivity index (χ3n) is 2.08. The highest BCUT2D eigenvalue weighted by Gasteiger charge is 2.29. The lowest BCUT2D eigenvalue weighted by Gasteiger charge is -2.09. The van der Waals surface area contributed by atoms with E-state index < -0.39 is 18.9 Å². The number of rotatable bonds is 2. The Morgan fingerprint density at radius 1 is 1.21 bits per heavy atom. The number of halogens is 3. The van der Waals surface area contributed by atoms with E-state index in [1.165, 1.54) is 24.5 Å². The van der Waals surface area contributed by atoms with Crippen LogP contribution < -0.4 is 5.32 Å². The van der Waals surface area contributed by atoms with Crippen LogP contribution >= 0.6 is 0 Å². The molecule has 0 bridgehead atoms. The molecule has 2 aromatic rings. The molecule has 1 amide bonds. The smallest absolute Gasteiger partial charge is 0.422 e. The van der Waals surface area contributed by atoms with Gasteiger partial charge in [0.15, 0.2) is 6.61 Å². The van der Waals surface area contributed by atoms with E-state index in [1.54, 1.807) is 6.07 Å². The average molecular weight is 271 g/mol. The van der Waals surface area contributed by atoms with Gasteiger partial charge in [0.2, 0.25) is 0 Å². The summed E-state index contributed by atoms with van der Waals surface area (Å²) in [5.74, 6) is 0. The number of alkyl halides is 3. The number of nitrogens with zero attached hydrogens (tertiary/aromatic N) is 2. The molecule has 1 N–H and O–H groups in total. The molecule has 0 saturated heterocycles. The summed E-state index contributed by atoms with van der Waals surface area (Å²) in [5.41, 5.74) is 1.40. The van der Waals surface area contributed by atoms with Crippen LogP contribution in [0.2, 0.25) is 0 Å². The maximum Gasteiger partial charge on any atom is 0.422 e. The SMILES string of the molecule is O=C(Nc1ccc2nccnc2c1)OCC(F)(F)F. The van der Waals surface area contributed by atoms with Crippen molar-refractivity contribution >= 4 is 22.8 Å². The van der Waals surface area contributed by atoms with Gasteiger partial charge < -0.3 is 4.74 Å². The largest absolute Gasteiger partial charge is 0.440 e. The molecule has 0 spiro atoms. The quantitative estimate of drug-likeness (QED) is 0.912. The molecule has 0 fully saturated rings. The molecule has 2 rings (SSSR count). The highest BCUT2D eigenvalue weighted by molar-refractivity contribution is 5.88. The van der Waals surface area contributed by atoms with Crippen LogP contribution in [0.3, 0.4) is 0 Å². The number of amides is 1. The number of benzene rings is 1.